The van der Waals surface area contributed by atoms with Gasteiger partial charge in [0.2, 0.25) is 5.82 Å². The quantitative estimate of drug-likeness (QED) is 0.534. The van der Waals surface area contributed by atoms with Gasteiger partial charge in [0.05, 0.1) is 11.4 Å². The van der Waals surface area contributed by atoms with Crippen molar-refractivity contribution in [3.05, 3.63) is 66.2 Å². The molecule has 6 heteroatoms. The lowest BCUT2D eigenvalue weighted by molar-refractivity contribution is 0.458. The predicted molar refractivity (Wildman–Crippen MR) is 92.0 cm³/mol. The van der Waals surface area contributed by atoms with E-state index in [0.717, 1.165) is 16.8 Å². The zero-order chi connectivity index (χ0) is 16.5. The molecule has 0 saturated carbocycles. The molecule has 0 fully saturated rings. The van der Waals surface area contributed by atoms with Crippen LogP contribution >= 0.6 is 0 Å². The molecule has 0 radical (unpaired) electrons. The monoisotopic (exact) mass is 317 g/mol. The second kappa shape index (κ2) is 5.66. The maximum atomic E-state index is 10.0. The van der Waals surface area contributed by atoms with Gasteiger partial charge in [-0.1, -0.05) is 48.0 Å². The summed E-state index contributed by atoms with van der Waals surface area (Å²) in [6, 6.07) is 19.4. The Morgan fingerprint density at radius 2 is 1.75 bits per heavy atom. The number of fused-ring (bicyclic) bond motifs is 1. The van der Waals surface area contributed by atoms with Crippen LogP contribution in [0.2, 0.25) is 0 Å². The van der Waals surface area contributed by atoms with Crippen LogP contribution in [0.3, 0.4) is 0 Å². The third-order valence-corrected chi connectivity index (χ3v) is 3.75. The van der Waals surface area contributed by atoms with Crippen molar-refractivity contribution in [2.24, 2.45) is 10.2 Å². The molecule has 0 amide bonds. The molecule has 0 saturated heterocycles. The third kappa shape index (κ3) is 2.54. The highest BCUT2D eigenvalue weighted by molar-refractivity contribution is 5.67. The molecule has 2 N–H and O–H groups in total. The summed E-state index contributed by atoms with van der Waals surface area (Å²) in [5, 5.41) is 21.5. The standard InChI is InChI=1S/C18H15N5O/c1-12-7-9-14(10-8-12)20-21-17-18(24)19-16-11-15(22-23(16)17)13-5-3-2-4-6-13/h2-11,22,24H,1H3. The van der Waals surface area contributed by atoms with Crippen molar-refractivity contribution < 1.29 is 5.11 Å². The number of hydrogen-bond donors (Lipinski definition) is 2. The van der Waals surface area contributed by atoms with E-state index in [1.165, 1.54) is 0 Å². The van der Waals surface area contributed by atoms with E-state index in [1.807, 2.05) is 67.6 Å². The Kier molecular flexibility index (Phi) is 3.35. The lowest BCUT2D eigenvalue weighted by Crippen LogP contribution is -1.84. The van der Waals surface area contributed by atoms with E-state index in [2.05, 4.69) is 20.3 Å². The van der Waals surface area contributed by atoms with Gasteiger partial charge in [0, 0.05) is 6.07 Å². The van der Waals surface area contributed by atoms with E-state index in [1.54, 1.807) is 4.52 Å². The Hall–Kier alpha value is -3.41. The number of hydrogen-bond acceptors (Lipinski definition) is 4. The van der Waals surface area contributed by atoms with E-state index in [0.29, 0.717) is 11.3 Å². The number of benzene rings is 2. The van der Waals surface area contributed by atoms with E-state index in [9.17, 15) is 5.11 Å². The highest BCUT2D eigenvalue weighted by Gasteiger charge is 2.14. The van der Waals surface area contributed by atoms with Crippen LogP contribution < -0.4 is 0 Å². The van der Waals surface area contributed by atoms with Gasteiger partial charge in [-0.05, 0) is 24.6 Å². The van der Waals surface area contributed by atoms with Crippen LogP contribution in [0.1, 0.15) is 5.56 Å². The highest BCUT2D eigenvalue weighted by atomic mass is 16.3. The smallest absolute Gasteiger partial charge is 0.261 e. The Balaban J connectivity index is 1.73. The molecule has 0 atom stereocenters. The van der Waals surface area contributed by atoms with Crippen LogP contribution in [0.5, 0.6) is 5.88 Å². The lowest BCUT2D eigenvalue weighted by atomic mass is 10.2. The Labute approximate surface area is 138 Å². The molecular weight excluding hydrogens is 302 g/mol. The number of nitrogens with zero attached hydrogens (tertiary/aromatic N) is 4. The SMILES string of the molecule is Cc1ccc(N=Nc2c(O)nc3cc(-c4ccccc4)[nH]n23)cc1. The number of rotatable bonds is 3. The molecule has 24 heavy (non-hydrogen) atoms. The first kappa shape index (κ1) is 14.2. The maximum absolute atomic E-state index is 10.0. The average molecular weight is 317 g/mol. The van der Waals surface area contributed by atoms with Gasteiger partial charge in [-0.25, -0.2) is 4.52 Å². The second-order valence-electron chi connectivity index (χ2n) is 5.52. The molecule has 0 unspecified atom stereocenters. The van der Waals surface area contributed by atoms with Crippen LogP contribution in [0.25, 0.3) is 16.9 Å². The van der Waals surface area contributed by atoms with Crippen LogP contribution in [-0.2, 0) is 0 Å². The number of aromatic amines is 1. The topological polar surface area (TPSA) is 78.0 Å². The van der Waals surface area contributed by atoms with E-state index < -0.39 is 0 Å². The molecule has 4 rings (SSSR count). The average Bonchev–Trinajstić information content (AvgIpc) is 3.13. The number of aryl methyl sites for hydroxylation is 1. The van der Waals surface area contributed by atoms with Gasteiger partial charge >= 0.3 is 0 Å². The number of imidazole rings is 1. The van der Waals surface area contributed by atoms with Gasteiger partial charge in [-0.2, -0.15) is 4.98 Å². The summed E-state index contributed by atoms with van der Waals surface area (Å²) in [6.07, 6.45) is 0. The molecule has 0 aliphatic carbocycles. The minimum Gasteiger partial charge on any atom is -0.490 e. The van der Waals surface area contributed by atoms with Gasteiger partial charge in [-0.15, -0.1) is 10.2 Å². The van der Waals surface area contributed by atoms with Gasteiger partial charge in [0.25, 0.3) is 5.88 Å². The second-order valence-corrected chi connectivity index (χ2v) is 5.52. The van der Waals surface area contributed by atoms with Gasteiger partial charge in [0.15, 0.2) is 5.65 Å². The number of H-pyrrole nitrogens is 1. The summed E-state index contributed by atoms with van der Waals surface area (Å²) in [7, 11) is 0. The molecule has 4 aromatic rings. The lowest BCUT2D eigenvalue weighted by Gasteiger charge is -1.97. The fourth-order valence-electron chi connectivity index (χ4n) is 2.48. The first-order chi connectivity index (χ1) is 11.7. The molecule has 6 nitrogen and oxygen atoms in total. The molecular formula is C18H15N5O. The van der Waals surface area contributed by atoms with Gasteiger partial charge < -0.3 is 5.11 Å². The molecule has 0 aliphatic heterocycles. The number of nitrogens with one attached hydrogen (secondary N) is 1. The van der Waals surface area contributed by atoms with Gasteiger partial charge in [-0.3, -0.25) is 5.10 Å². The maximum Gasteiger partial charge on any atom is 0.261 e. The van der Waals surface area contributed by atoms with E-state index in [-0.39, 0.29) is 11.7 Å². The molecule has 2 aromatic carbocycles. The van der Waals surface area contributed by atoms with Crippen molar-refractivity contribution in [3.8, 4) is 17.1 Å². The molecule has 2 aromatic heterocycles. The van der Waals surface area contributed by atoms with Crippen molar-refractivity contribution in [1.82, 2.24) is 14.6 Å². The van der Waals surface area contributed by atoms with Crippen LogP contribution in [0, 0.1) is 6.92 Å². The molecule has 2 heterocycles. The summed E-state index contributed by atoms with van der Waals surface area (Å²) in [6.45, 7) is 2.01. The van der Waals surface area contributed by atoms with Crippen LogP contribution in [-0.4, -0.2) is 19.7 Å². The van der Waals surface area contributed by atoms with Crippen molar-refractivity contribution in [2.75, 3.05) is 0 Å². The summed E-state index contributed by atoms with van der Waals surface area (Å²) in [5.41, 5.74) is 4.38. The molecule has 0 bridgehead atoms. The van der Waals surface area contributed by atoms with Crippen molar-refractivity contribution in [1.29, 1.82) is 0 Å². The minimum absolute atomic E-state index is 0.156. The normalized spacial score (nSPS) is 11.5. The predicted octanol–water partition coefficient (Wildman–Crippen LogP) is 4.76. The van der Waals surface area contributed by atoms with Crippen molar-refractivity contribution in [2.45, 2.75) is 6.92 Å². The van der Waals surface area contributed by atoms with Crippen LogP contribution in [0.4, 0.5) is 11.5 Å². The van der Waals surface area contributed by atoms with E-state index >= 15 is 0 Å². The van der Waals surface area contributed by atoms with Gasteiger partial charge in [0.1, 0.15) is 0 Å². The highest BCUT2D eigenvalue weighted by Crippen LogP contribution is 2.31. The first-order valence-electron chi connectivity index (χ1n) is 7.55. The fraction of sp³-hybridized carbons (Fsp3) is 0.0556. The number of azo groups is 1. The fourth-order valence-corrected chi connectivity index (χ4v) is 2.48. The molecule has 0 spiro atoms. The largest absolute Gasteiger partial charge is 0.490 e. The molecule has 0 aliphatic rings. The number of aromatic nitrogens is 3. The van der Waals surface area contributed by atoms with Crippen molar-refractivity contribution in [3.63, 3.8) is 0 Å². The van der Waals surface area contributed by atoms with E-state index in [4.69, 9.17) is 0 Å². The summed E-state index contributed by atoms with van der Waals surface area (Å²) >= 11 is 0. The summed E-state index contributed by atoms with van der Waals surface area (Å²) in [4.78, 5) is 4.12. The minimum atomic E-state index is -0.156. The van der Waals surface area contributed by atoms with Crippen molar-refractivity contribution >= 4 is 17.2 Å². The zero-order valence-corrected chi connectivity index (χ0v) is 13.0. The first-order valence-corrected chi connectivity index (χ1v) is 7.55. The zero-order valence-electron chi connectivity index (χ0n) is 13.0. The van der Waals surface area contributed by atoms with Crippen LogP contribution in [0.15, 0.2) is 70.9 Å². The Morgan fingerprint density at radius 3 is 2.50 bits per heavy atom. The molecule has 118 valence electrons. The summed E-state index contributed by atoms with van der Waals surface area (Å²) in [5.74, 6) is 0.115. The Morgan fingerprint density at radius 1 is 1.00 bits per heavy atom. The Bertz CT molecular complexity index is 1010. The number of aromatic hydroxyl groups is 1. The third-order valence-electron chi connectivity index (χ3n) is 3.75. The summed E-state index contributed by atoms with van der Waals surface area (Å²) < 4.78 is 1.62.